The molecule has 228 valence electrons. The van der Waals surface area contributed by atoms with E-state index in [2.05, 4.69) is 21.1 Å². The van der Waals surface area contributed by atoms with E-state index in [0.29, 0.717) is 38.1 Å². The highest BCUT2D eigenvalue weighted by Gasteiger charge is 2.30. The molecule has 1 saturated heterocycles. The van der Waals surface area contributed by atoms with E-state index in [1.54, 1.807) is 32.1 Å². The van der Waals surface area contributed by atoms with E-state index < -0.39 is 17.9 Å². The number of carbonyl (C=O) groups excluding carboxylic acids is 4. The van der Waals surface area contributed by atoms with E-state index in [-0.39, 0.29) is 60.0 Å². The maximum absolute atomic E-state index is 13.6. The molecule has 0 bridgehead atoms. The quantitative estimate of drug-likeness (QED) is 0.202. The van der Waals surface area contributed by atoms with Gasteiger partial charge in [-0.2, -0.15) is 0 Å². The summed E-state index contributed by atoms with van der Waals surface area (Å²) in [4.78, 5) is 50.6. The standard InChI is InChI=1S/C31H41FN4O6/c1-5-41-28(38)11-10-25(17-23-12-13-33-30(23)39)34-18-22(15-21-6-8-24(32)9-7-21)16-27(37)29(19(2)3)35-31(40)26-14-20(4)42-36-26/h6-11,14,19,22-23,25,29,34H,5,12-13,15-18H2,1-4H3,(H,33,39)(H,35,40)/b11-10+/t22-,23+,25-,29+/m1/s1. The molecular weight excluding hydrogens is 543 g/mol. The van der Waals surface area contributed by atoms with Crippen molar-refractivity contribution in [2.45, 2.75) is 65.5 Å². The van der Waals surface area contributed by atoms with E-state index in [1.165, 1.54) is 24.3 Å². The number of hydrogen-bond acceptors (Lipinski definition) is 8. The molecule has 42 heavy (non-hydrogen) atoms. The number of esters is 1. The first-order valence-electron chi connectivity index (χ1n) is 14.4. The van der Waals surface area contributed by atoms with Crippen molar-refractivity contribution in [1.82, 2.24) is 21.1 Å². The van der Waals surface area contributed by atoms with Crippen LogP contribution in [0.4, 0.5) is 4.39 Å². The highest BCUT2D eigenvalue weighted by molar-refractivity contribution is 5.96. The zero-order valence-electron chi connectivity index (χ0n) is 24.7. The number of nitrogens with one attached hydrogen (secondary N) is 3. The van der Waals surface area contributed by atoms with E-state index >= 15 is 0 Å². The molecule has 0 aliphatic carbocycles. The summed E-state index contributed by atoms with van der Waals surface area (Å²) in [6.45, 7) is 8.33. The highest BCUT2D eigenvalue weighted by Crippen LogP contribution is 2.20. The molecule has 10 nitrogen and oxygen atoms in total. The lowest BCUT2D eigenvalue weighted by atomic mass is 9.88. The van der Waals surface area contributed by atoms with Crippen molar-refractivity contribution in [3.63, 3.8) is 0 Å². The van der Waals surface area contributed by atoms with Gasteiger partial charge in [0.25, 0.3) is 5.91 Å². The number of ether oxygens (including phenoxy) is 1. The average molecular weight is 585 g/mol. The fourth-order valence-corrected chi connectivity index (χ4v) is 5.00. The van der Waals surface area contributed by atoms with Gasteiger partial charge in [-0.3, -0.25) is 14.4 Å². The summed E-state index contributed by atoms with van der Waals surface area (Å²) in [5.74, 6) is -1.63. The Hall–Kier alpha value is -3.86. The van der Waals surface area contributed by atoms with Gasteiger partial charge in [-0.25, -0.2) is 9.18 Å². The molecule has 0 saturated carbocycles. The van der Waals surface area contributed by atoms with Gasteiger partial charge in [-0.05, 0) is 69.2 Å². The molecule has 1 aliphatic heterocycles. The average Bonchev–Trinajstić information content (AvgIpc) is 3.57. The van der Waals surface area contributed by atoms with Crippen LogP contribution in [0.25, 0.3) is 0 Å². The van der Waals surface area contributed by atoms with Crippen molar-refractivity contribution in [2.75, 3.05) is 19.7 Å². The van der Waals surface area contributed by atoms with Gasteiger partial charge in [-0.15, -0.1) is 0 Å². The Balaban J connectivity index is 1.76. The zero-order chi connectivity index (χ0) is 30.6. The van der Waals surface area contributed by atoms with Crippen LogP contribution >= 0.6 is 0 Å². The van der Waals surface area contributed by atoms with E-state index in [0.717, 1.165) is 5.56 Å². The minimum absolute atomic E-state index is 0.0257. The summed E-state index contributed by atoms with van der Waals surface area (Å²) in [7, 11) is 0. The summed E-state index contributed by atoms with van der Waals surface area (Å²) in [6.07, 6.45) is 4.81. The minimum Gasteiger partial charge on any atom is -0.463 e. The van der Waals surface area contributed by atoms with Crippen LogP contribution in [-0.4, -0.2) is 60.5 Å². The molecule has 2 amide bonds. The Morgan fingerprint density at radius 3 is 2.57 bits per heavy atom. The molecule has 2 aromatic rings. The summed E-state index contributed by atoms with van der Waals surface area (Å²) >= 11 is 0. The van der Waals surface area contributed by atoms with Crippen LogP contribution < -0.4 is 16.0 Å². The fraction of sp³-hybridized carbons (Fsp3) is 0.516. The summed E-state index contributed by atoms with van der Waals surface area (Å²) < 4.78 is 23.6. The highest BCUT2D eigenvalue weighted by atomic mass is 19.1. The van der Waals surface area contributed by atoms with Gasteiger partial charge in [0.1, 0.15) is 11.6 Å². The van der Waals surface area contributed by atoms with Gasteiger partial charge in [0.2, 0.25) is 5.91 Å². The number of hydrogen-bond donors (Lipinski definition) is 3. The second-order valence-corrected chi connectivity index (χ2v) is 11.0. The maximum atomic E-state index is 13.6. The van der Waals surface area contributed by atoms with Crippen LogP contribution in [0, 0.1) is 30.5 Å². The van der Waals surface area contributed by atoms with Gasteiger partial charge in [0, 0.05) is 37.1 Å². The third-order valence-electron chi connectivity index (χ3n) is 7.21. The third kappa shape index (κ3) is 10.2. The first-order chi connectivity index (χ1) is 20.0. The second kappa shape index (κ2) is 16.0. The molecule has 2 heterocycles. The third-order valence-corrected chi connectivity index (χ3v) is 7.21. The fourth-order valence-electron chi connectivity index (χ4n) is 5.00. The Bertz CT molecular complexity index is 1240. The molecule has 1 aromatic carbocycles. The van der Waals surface area contributed by atoms with Crippen molar-refractivity contribution < 1.29 is 32.8 Å². The lowest BCUT2D eigenvalue weighted by Crippen LogP contribution is -2.46. The summed E-state index contributed by atoms with van der Waals surface area (Å²) in [5.41, 5.74) is 0.954. The predicted octanol–water partition coefficient (Wildman–Crippen LogP) is 3.30. The number of amides is 2. The van der Waals surface area contributed by atoms with E-state index in [9.17, 15) is 23.6 Å². The number of Topliss-reactive ketones (excluding diaryl/α,β-unsaturated/α-hetero) is 1. The molecule has 4 atom stereocenters. The van der Waals surface area contributed by atoms with Crippen molar-refractivity contribution in [1.29, 1.82) is 0 Å². The van der Waals surface area contributed by atoms with Crippen LogP contribution in [0.2, 0.25) is 0 Å². The molecule has 1 fully saturated rings. The number of carbonyl (C=O) groups is 4. The Labute approximate surface area is 245 Å². The largest absolute Gasteiger partial charge is 0.463 e. The molecule has 0 unspecified atom stereocenters. The minimum atomic E-state index is -0.757. The molecule has 0 spiro atoms. The van der Waals surface area contributed by atoms with Crippen molar-refractivity contribution in [2.24, 2.45) is 17.8 Å². The Morgan fingerprint density at radius 1 is 1.24 bits per heavy atom. The summed E-state index contributed by atoms with van der Waals surface area (Å²) in [6, 6.07) is 6.54. The molecular formula is C31H41FN4O6. The Kier molecular flexibility index (Phi) is 12.4. The van der Waals surface area contributed by atoms with Gasteiger partial charge in [-0.1, -0.05) is 37.2 Å². The molecule has 1 aliphatic rings. The predicted molar refractivity (Wildman–Crippen MR) is 154 cm³/mol. The lowest BCUT2D eigenvalue weighted by Gasteiger charge is -2.26. The first-order valence-corrected chi connectivity index (χ1v) is 14.4. The van der Waals surface area contributed by atoms with Gasteiger partial charge >= 0.3 is 5.97 Å². The molecule has 1 aromatic heterocycles. The monoisotopic (exact) mass is 584 g/mol. The van der Waals surface area contributed by atoms with Crippen molar-refractivity contribution in [3.05, 3.63) is 65.3 Å². The topological polar surface area (TPSA) is 140 Å². The smallest absolute Gasteiger partial charge is 0.330 e. The number of nitrogens with zero attached hydrogens (tertiary/aromatic N) is 1. The molecule has 0 radical (unpaired) electrons. The number of ketones is 1. The van der Waals surface area contributed by atoms with Gasteiger partial charge < -0.3 is 25.2 Å². The number of aromatic nitrogens is 1. The number of rotatable bonds is 16. The zero-order valence-corrected chi connectivity index (χ0v) is 24.7. The van der Waals surface area contributed by atoms with Crippen molar-refractivity contribution >= 4 is 23.6 Å². The first kappa shape index (κ1) is 32.7. The molecule has 3 N–H and O–H groups in total. The summed E-state index contributed by atoms with van der Waals surface area (Å²) in [5, 5.41) is 12.8. The molecule has 11 heteroatoms. The SMILES string of the molecule is CCOC(=O)/C=C/[C@H](C[C@@H]1CCNC1=O)NC[C@@H](CC(=O)[C@@H](NC(=O)c1cc(C)on1)C(C)C)Cc1ccc(F)cc1. The second-order valence-electron chi connectivity index (χ2n) is 11.0. The van der Waals surface area contributed by atoms with Crippen LogP contribution in [0.5, 0.6) is 0 Å². The number of benzene rings is 1. The van der Waals surface area contributed by atoms with Crippen LogP contribution in [0.15, 0.2) is 47.0 Å². The number of aryl methyl sites for hydroxylation is 1. The maximum Gasteiger partial charge on any atom is 0.330 e. The van der Waals surface area contributed by atoms with Crippen LogP contribution in [0.1, 0.15) is 61.8 Å². The number of halogens is 1. The van der Waals surface area contributed by atoms with E-state index in [4.69, 9.17) is 9.26 Å². The van der Waals surface area contributed by atoms with Gasteiger partial charge in [0.15, 0.2) is 11.5 Å². The van der Waals surface area contributed by atoms with Crippen LogP contribution in [0.3, 0.4) is 0 Å². The lowest BCUT2D eigenvalue weighted by molar-refractivity contribution is -0.137. The normalized spacial score (nSPS) is 17.2. The van der Waals surface area contributed by atoms with Crippen LogP contribution in [-0.2, 0) is 25.5 Å². The Morgan fingerprint density at radius 2 is 1.98 bits per heavy atom. The van der Waals surface area contributed by atoms with E-state index in [1.807, 2.05) is 13.8 Å². The van der Waals surface area contributed by atoms with Gasteiger partial charge in [0.05, 0.1) is 12.6 Å². The molecule has 3 rings (SSSR count). The van der Waals surface area contributed by atoms with Crippen molar-refractivity contribution in [3.8, 4) is 0 Å².